The second-order valence-corrected chi connectivity index (χ2v) is 6.05. The average Bonchev–Trinajstić information content (AvgIpc) is 2.37. The van der Waals surface area contributed by atoms with Crippen LogP contribution < -0.4 is 5.32 Å². The van der Waals surface area contributed by atoms with Crippen molar-refractivity contribution >= 4 is 31.9 Å². The van der Waals surface area contributed by atoms with Gasteiger partial charge in [0.15, 0.2) is 0 Å². The van der Waals surface area contributed by atoms with Gasteiger partial charge in [0.05, 0.1) is 6.04 Å². The molecule has 1 unspecified atom stereocenters. The van der Waals surface area contributed by atoms with Gasteiger partial charge in [-0.25, -0.2) is 0 Å². The van der Waals surface area contributed by atoms with Crippen molar-refractivity contribution < 1.29 is 0 Å². The molecule has 2 aromatic rings. The monoisotopic (exact) mass is 367 g/mol. The molecule has 0 spiro atoms. The van der Waals surface area contributed by atoms with Crippen molar-refractivity contribution in [3.8, 4) is 0 Å². The lowest BCUT2D eigenvalue weighted by atomic mass is 9.98. The Hall–Kier alpha value is -0.640. The molecule has 0 heterocycles. The van der Waals surface area contributed by atoms with Crippen molar-refractivity contribution in [3.63, 3.8) is 0 Å². The highest BCUT2D eigenvalue weighted by atomic mass is 79.9. The molecule has 1 nitrogen and oxygen atoms in total. The summed E-state index contributed by atoms with van der Waals surface area (Å²) >= 11 is 7.06. The Balaban J connectivity index is 2.38. The minimum absolute atomic E-state index is 0.218. The molecular formula is C15H15Br2N. The molecular weight excluding hydrogens is 354 g/mol. The Labute approximate surface area is 125 Å². The van der Waals surface area contributed by atoms with Crippen LogP contribution in [0.1, 0.15) is 22.7 Å². The molecule has 0 aliphatic carbocycles. The van der Waals surface area contributed by atoms with Crippen LogP contribution in [0.4, 0.5) is 0 Å². The fraction of sp³-hybridized carbons (Fsp3) is 0.200. The van der Waals surface area contributed by atoms with Crippen LogP contribution in [0.3, 0.4) is 0 Å². The van der Waals surface area contributed by atoms with E-state index in [0.717, 1.165) is 8.95 Å². The summed E-state index contributed by atoms with van der Waals surface area (Å²) in [6.45, 7) is 2.10. The van der Waals surface area contributed by atoms with Gasteiger partial charge in [0, 0.05) is 8.95 Å². The van der Waals surface area contributed by atoms with Gasteiger partial charge in [-0.15, -0.1) is 0 Å². The van der Waals surface area contributed by atoms with Gasteiger partial charge in [0.2, 0.25) is 0 Å². The fourth-order valence-corrected chi connectivity index (χ4v) is 2.63. The summed E-state index contributed by atoms with van der Waals surface area (Å²) in [5.74, 6) is 0. The summed E-state index contributed by atoms with van der Waals surface area (Å²) in [6, 6.07) is 15.1. The molecule has 1 N–H and O–H groups in total. The summed E-state index contributed by atoms with van der Waals surface area (Å²) in [5.41, 5.74) is 3.78. The summed E-state index contributed by atoms with van der Waals surface area (Å²) in [7, 11) is 1.99. The predicted molar refractivity (Wildman–Crippen MR) is 83.9 cm³/mol. The van der Waals surface area contributed by atoms with Gasteiger partial charge < -0.3 is 5.32 Å². The van der Waals surface area contributed by atoms with E-state index in [-0.39, 0.29) is 6.04 Å². The summed E-state index contributed by atoms with van der Waals surface area (Å²) in [6.07, 6.45) is 0. The van der Waals surface area contributed by atoms with Crippen LogP contribution >= 0.6 is 31.9 Å². The third-order valence-electron chi connectivity index (χ3n) is 3.02. The largest absolute Gasteiger partial charge is 0.309 e. The molecule has 0 bridgehead atoms. The SMILES string of the molecule is CNC(c1ccc(Br)cc1)c1ccc(C)c(Br)c1. The Bertz CT molecular complexity index is 535. The van der Waals surface area contributed by atoms with Crippen LogP contribution in [0.5, 0.6) is 0 Å². The molecule has 1 atom stereocenters. The molecule has 94 valence electrons. The summed E-state index contributed by atoms with van der Waals surface area (Å²) in [4.78, 5) is 0. The predicted octanol–water partition coefficient (Wildman–Crippen LogP) is 4.83. The Kier molecular flexibility index (Phi) is 4.60. The van der Waals surface area contributed by atoms with Crippen molar-refractivity contribution in [3.05, 3.63) is 68.1 Å². The number of aryl methyl sites for hydroxylation is 1. The van der Waals surface area contributed by atoms with E-state index in [0.29, 0.717) is 0 Å². The zero-order chi connectivity index (χ0) is 13.1. The molecule has 0 aromatic heterocycles. The summed E-state index contributed by atoms with van der Waals surface area (Å²) < 4.78 is 2.25. The van der Waals surface area contributed by atoms with Gasteiger partial charge in [-0.3, -0.25) is 0 Å². The van der Waals surface area contributed by atoms with Gasteiger partial charge in [-0.1, -0.05) is 56.1 Å². The molecule has 0 aliphatic heterocycles. The lowest BCUT2D eigenvalue weighted by Crippen LogP contribution is -2.17. The normalized spacial score (nSPS) is 12.4. The van der Waals surface area contributed by atoms with Gasteiger partial charge in [0.25, 0.3) is 0 Å². The van der Waals surface area contributed by atoms with E-state index < -0.39 is 0 Å². The third-order valence-corrected chi connectivity index (χ3v) is 4.40. The maximum Gasteiger partial charge on any atom is 0.0574 e. The number of nitrogens with one attached hydrogen (secondary N) is 1. The smallest absolute Gasteiger partial charge is 0.0574 e. The van der Waals surface area contributed by atoms with E-state index in [1.807, 2.05) is 7.05 Å². The molecule has 0 saturated carbocycles. The van der Waals surface area contributed by atoms with Crippen molar-refractivity contribution in [2.24, 2.45) is 0 Å². The molecule has 0 aliphatic rings. The highest BCUT2D eigenvalue weighted by molar-refractivity contribution is 9.10. The van der Waals surface area contributed by atoms with Crippen LogP contribution in [0, 0.1) is 6.92 Å². The number of hydrogen-bond acceptors (Lipinski definition) is 1. The first-order chi connectivity index (χ1) is 8.61. The van der Waals surface area contributed by atoms with Crippen molar-refractivity contribution in [1.82, 2.24) is 5.32 Å². The van der Waals surface area contributed by atoms with Crippen molar-refractivity contribution in [2.75, 3.05) is 7.05 Å². The van der Waals surface area contributed by atoms with Crippen LogP contribution in [-0.2, 0) is 0 Å². The zero-order valence-corrected chi connectivity index (χ0v) is 13.5. The zero-order valence-electron chi connectivity index (χ0n) is 10.4. The quantitative estimate of drug-likeness (QED) is 0.818. The summed E-state index contributed by atoms with van der Waals surface area (Å²) in [5, 5.41) is 3.36. The van der Waals surface area contributed by atoms with Crippen molar-refractivity contribution in [2.45, 2.75) is 13.0 Å². The second-order valence-electron chi connectivity index (χ2n) is 4.28. The number of benzene rings is 2. The highest BCUT2D eigenvalue weighted by Gasteiger charge is 2.12. The number of halogens is 2. The number of rotatable bonds is 3. The molecule has 2 rings (SSSR count). The first kappa shape index (κ1) is 13.8. The minimum atomic E-state index is 0.218. The molecule has 0 amide bonds. The minimum Gasteiger partial charge on any atom is -0.309 e. The van der Waals surface area contributed by atoms with E-state index in [9.17, 15) is 0 Å². The Morgan fingerprint density at radius 1 is 0.944 bits per heavy atom. The highest BCUT2D eigenvalue weighted by Crippen LogP contribution is 2.27. The molecule has 0 saturated heterocycles. The fourth-order valence-electron chi connectivity index (χ4n) is 1.97. The van der Waals surface area contributed by atoms with E-state index in [2.05, 4.69) is 86.6 Å². The molecule has 2 aromatic carbocycles. The van der Waals surface area contributed by atoms with Crippen molar-refractivity contribution in [1.29, 1.82) is 0 Å². The van der Waals surface area contributed by atoms with E-state index in [4.69, 9.17) is 0 Å². The first-order valence-electron chi connectivity index (χ1n) is 5.80. The van der Waals surface area contributed by atoms with Crippen LogP contribution in [-0.4, -0.2) is 7.05 Å². The van der Waals surface area contributed by atoms with Gasteiger partial charge in [-0.05, 0) is 48.9 Å². The Morgan fingerprint density at radius 2 is 1.56 bits per heavy atom. The van der Waals surface area contributed by atoms with Gasteiger partial charge in [-0.2, -0.15) is 0 Å². The van der Waals surface area contributed by atoms with Crippen LogP contribution in [0.15, 0.2) is 51.4 Å². The maximum absolute atomic E-state index is 3.59. The molecule has 0 fully saturated rings. The average molecular weight is 369 g/mol. The first-order valence-corrected chi connectivity index (χ1v) is 7.39. The van der Waals surface area contributed by atoms with E-state index >= 15 is 0 Å². The van der Waals surface area contributed by atoms with E-state index in [1.54, 1.807) is 0 Å². The van der Waals surface area contributed by atoms with E-state index in [1.165, 1.54) is 16.7 Å². The molecule has 3 heteroatoms. The van der Waals surface area contributed by atoms with Gasteiger partial charge in [0.1, 0.15) is 0 Å². The number of hydrogen-bond donors (Lipinski definition) is 1. The van der Waals surface area contributed by atoms with Crippen LogP contribution in [0.25, 0.3) is 0 Å². The second kappa shape index (κ2) is 6.00. The molecule has 18 heavy (non-hydrogen) atoms. The molecule has 0 radical (unpaired) electrons. The standard InChI is InChI=1S/C15H15Br2N/c1-10-3-4-12(9-14(10)17)15(18-2)11-5-7-13(16)8-6-11/h3-9,15,18H,1-2H3. The topological polar surface area (TPSA) is 12.0 Å². The third kappa shape index (κ3) is 3.02. The van der Waals surface area contributed by atoms with Crippen LogP contribution in [0.2, 0.25) is 0 Å². The lowest BCUT2D eigenvalue weighted by Gasteiger charge is -2.18. The Morgan fingerprint density at radius 3 is 2.11 bits per heavy atom. The lowest BCUT2D eigenvalue weighted by molar-refractivity contribution is 0.691. The maximum atomic E-state index is 3.59. The van der Waals surface area contributed by atoms with Gasteiger partial charge >= 0.3 is 0 Å².